The molecule has 112 valence electrons. The monoisotopic (exact) mass is 276 g/mol. The number of nitrogens with zero attached hydrogens (tertiary/aromatic N) is 1. The maximum atomic E-state index is 5.55. The molecule has 0 saturated carbocycles. The summed E-state index contributed by atoms with van der Waals surface area (Å²) < 4.78 is 5.55. The highest BCUT2D eigenvalue weighted by molar-refractivity contribution is 5.54. The highest BCUT2D eigenvalue weighted by Crippen LogP contribution is 2.24. The minimum Gasteiger partial charge on any atom is -0.379 e. The molecule has 0 aliphatic carbocycles. The van der Waals surface area contributed by atoms with E-state index in [4.69, 9.17) is 4.74 Å². The van der Waals surface area contributed by atoms with E-state index in [0.29, 0.717) is 6.10 Å². The average molecular weight is 276 g/mol. The number of para-hydroxylation sites is 1. The maximum absolute atomic E-state index is 5.55. The number of rotatable bonds is 8. The molecule has 0 amide bonds. The summed E-state index contributed by atoms with van der Waals surface area (Å²) >= 11 is 0. The summed E-state index contributed by atoms with van der Waals surface area (Å²) in [6.07, 6.45) is 4.07. The van der Waals surface area contributed by atoms with Gasteiger partial charge < -0.3 is 15.0 Å². The van der Waals surface area contributed by atoms with E-state index in [1.807, 2.05) is 0 Å². The van der Waals surface area contributed by atoms with Crippen LogP contribution in [0, 0.1) is 0 Å². The quantitative estimate of drug-likeness (QED) is 0.738. The first-order chi connectivity index (χ1) is 9.77. The molecule has 1 aromatic rings. The van der Waals surface area contributed by atoms with Crippen LogP contribution in [0.2, 0.25) is 0 Å². The van der Waals surface area contributed by atoms with Crippen LogP contribution < -0.4 is 10.2 Å². The fourth-order valence-electron chi connectivity index (χ4n) is 2.67. The van der Waals surface area contributed by atoms with Gasteiger partial charge in [-0.2, -0.15) is 0 Å². The van der Waals surface area contributed by atoms with Crippen LogP contribution in [0.5, 0.6) is 0 Å². The molecule has 3 nitrogen and oxygen atoms in total. The highest BCUT2D eigenvalue weighted by atomic mass is 16.5. The molecule has 1 aromatic carbocycles. The molecule has 1 aliphatic rings. The standard InChI is InChI=1S/C17H28N2O/c1-15(2)20-13-7-10-18-14-16-8-3-4-9-17(16)19-11-5-6-12-19/h3-4,8-9,15,18H,5-7,10-14H2,1-2H3. The molecule has 1 aliphatic heterocycles. The first-order valence-electron chi connectivity index (χ1n) is 7.92. The summed E-state index contributed by atoms with van der Waals surface area (Å²) in [7, 11) is 0. The number of nitrogens with one attached hydrogen (secondary N) is 1. The second-order valence-electron chi connectivity index (χ2n) is 5.77. The van der Waals surface area contributed by atoms with E-state index in [1.165, 1.54) is 37.2 Å². The summed E-state index contributed by atoms with van der Waals surface area (Å²) in [5, 5.41) is 3.53. The van der Waals surface area contributed by atoms with Crippen molar-refractivity contribution in [2.45, 2.75) is 45.8 Å². The van der Waals surface area contributed by atoms with Gasteiger partial charge in [-0.1, -0.05) is 18.2 Å². The summed E-state index contributed by atoms with van der Waals surface area (Å²) in [5.41, 5.74) is 2.83. The van der Waals surface area contributed by atoms with E-state index in [0.717, 1.165) is 26.1 Å². The number of hydrogen-bond acceptors (Lipinski definition) is 3. The Kier molecular flexibility index (Phi) is 6.34. The average Bonchev–Trinajstić information content (AvgIpc) is 2.97. The van der Waals surface area contributed by atoms with E-state index in [9.17, 15) is 0 Å². The predicted molar refractivity (Wildman–Crippen MR) is 85.3 cm³/mol. The van der Waals surface area contributed by atoms with Crippen LogP contribution in [0.25, 0.3) is 0 Å². The fraction of sp³-hybridized carbons (Fsp3) is 0.647. The Morgan fingerprint density at radius 3 is 2.70 bits per heavy atom. The molecule has 1 saturated heterocycles. The zero-order valence-corrected chi connectivity index (χ0v) is 12.9. The fourth-order valence-corrected chi connectivity index (χ4v) is 2.67. The molecular formula is C17H28N2O. The first-order valence-corrected chi connectivity index (χ1v) is 7.92. The molecule has 0 unspecified atom stereocenters. The molecule has 0 radical (unpaired) electrons. The SMILES string of the molecule is CC(C)OCCCNCc1ccccc1N1CCCC1. The van der Waals surface area contributed by atoms with Gasteiger partial charge in [0, 0.05) is 31.9 Å². The molecule has 1 N–H and O–H groups in total. The van der Waals surface area contributed by atoms with Crippen LogP contribution in [-0.2, 0) is 11.3 Å². The van der Waals surface area contributed by atoms with E-state index in [2.05, 4.69) is 48.3 Å². The Morgan fingerprint density at radius 2 is 1.95 bits per heavy atom. The van der Waals surface area contributed by atoms with Gasteiger partial charge in [0.2, 0.25) is 0 Å². The van der Waals surface area contributed by atoms with E-state index in [1.54, 1.807) is 0 Å². The van der Waals surface area contributed by atoms with E-state index < -0.39 is 0 Å². The lowest BCUT2D eigenvalue weighted by atomic mass is 10.1. The predicted octanol–water partition coefficient (Wildman–Crippen LogP) is 3.19. The van der Waals surface area contributed by atoms with Gasteiger partial charge in [-0.05, 0) is 51.3 Å². The lowest BCUT2D eigenvalue weighted by Crippen LogP contribution is -2.22. The van der Waals surface area contributed by atoms with Gasteiger partial charge in [-0.15, -0.1) is 0 Å². The molecule has 20 heavy (non-hydrogen) atoms. The highest BCUT2D eigenvalue weighted by Gasteiger charge is 2.14. The van der Waals surface area contributed by atoms with Crippen LogP contribution in [-0.4, -0.2) is 32.3 Å². The third kappa shape index (κ3) is 4.80. The maximum Gasteiger partial charge on any atom is 0.0518 e. The minimum absolute atomic E-state index is 0.339. The Morgan fingerprint density at radius 1 is 1.20 bits per heavy atom. The first kappa shape index (κ1) is 15.3. The second kappa shape index (κ2) is 8.28. The van der Waals surface area contributed by atoms with Crippen LogP contribution in [0.4, 0.5) is 5.69 Å². The Hall–Kier alpha value is -1.06. The van der Waals surface area contributed by atoms with Crippen molar-refractivity contribution in [1.29, 1.82) is 0 Å². The Labute approximate surface area is 123 Å². The molecular weight excluding hydrogens is 248 g/mol. The molecule has 0 bridgehead atoms. The number of anilines is 1. The summed E-state index contributed by atoms with van der Waals surface area (Å²) in [6.45, 7) is 9.39. The molecule has 3 heteroatoms. The number of benzene rings is 1. The molecule has 1 heterocycles. The van der Waals surface area contributed by atoms with Gasteiger partial charge in [0.05, 0.1) is 6.10 Å². The third-order valence-corrected chi connectivity index (χ3v) is 3.70. The topological polar surface area (TPSA) is 24.5 Å². The van der Waals surface area contributed by atoms with E-state index >= 15 is 0 Å². The van der Waals surface area contributed by atoms with Gasteiger partial charge in [0.25, 0.3) is 0 Å². The van der Waals surface area contributed by atoms with Gasteiger partial charge in [-0.25, -0.2) is 0 Å². The number of hydrogen-bond donors (Lipinski definition) is 1. The van der Waals surface area contributed by atoms with Crippen LogP contribution in [0.15, 0.2) is 24.3 Å². The van der Waals surface area contributed by atoms with Crippen LogP contribution in [0.3, 0.4) is 0 Å². The van der Waals surface area contributed by atoms with Crippen LogP contribution in [0.1, 0.15) is 38.7 Å². The molecule has 0 atom stereocenters. The summed E-state index contributed by atoms with van der Waals surface area (Å²) in [4.78, 5) is 2.51. The van der Waals surface area contributed by atoms with Crippen molar-refractivity contribution >= 4 is 5.69 Å². The Balaban J connectivity index is 1.75. The van der Waals surface area contributed by atoms with Gasteiger partial charge in [0.15, 0.2) is 0 Å². The second-order valence-corrected chi connectivity index (χ2v) is 5.77. The molecule has 2 rings (SSSR count). The van der Waals surface area contributed by atoms with Gasteiger partial charge >= 0.3 is 0 Å². The van der Waals surface area contributed by atoms with Crippen molar-refractivity contribution in [3.05, 3.63) is 29.8 Å². The minimum atomic E-state index is 0.339. The van der Waals surface area contributed by atoms with Crippen LogP contribution >= 0.6 is 0 Å². The van der Waals surface area contributed by atoms with Crippen molar-refractivity contribution in [2.24, 2.45) is 0 Å². The molecule has 0 aromatic heterocycles. The van der Waals surface area contributed by atoms with Crippen molar-refractivity contribution in [1.82, 2.24) is 5.32 Å². The molecule has 0 spiro atoms. The zero-order valence-electron chi connectivity index (χ0n) is 12.9. The van der Waals surface area contributed by atoms with Gasteiger partial charge in [-0.3, -0.25) is 0 Å². The van der Waals surface area contributed by atoms with Crippen molar-refractivity contribution in [2.75, 3.05) is 31.1 Å². The summed E-state index contributed by atoms with van der Waals surface area (Å²) in [5.74, 6) is 0. The van der Waals surface area contributed by atoms with Gasteiger partial charge in [0.1, 0.15) is 0 Å². The largest absolute Gasteiger partial charge is 0.379 e. The zero-order chi connectivity index (χ0) is 14.2. The lowest BCUT2D eigenvalue weighted by molar-refractivity contribution is 0.0770. The van der Waals surface area contributed by atoms with Crippen molar-refractivity contribution in [3.8, 4) is 0 Å². The smallest absolute Gasteiger partial charge is 0.0518 e. The van der Waals surface area contributed by atoms with E-state index in [-0.39, 0.29) is 0 Å². The van der Waals surface area contributed by atoms with Crippen molar-refractivity contribution < 1.29 is 4.74 Å². The third-order valence-electron chi connectivity index (χ3n) is 3.70. The lowest BCUT2D eigenvalue weighted by Gasteiger charge is -2.21. The molecule has 1 fully saturated rings. The normalized spacial score (nSPS) is 15.2. The summed E-state index contributed by atoms with van der Waals surface area (Å²) in [6, 6.07) is 8.78. The Bertz CT molecular complexity index is 386. The number of ether oxygens (including phenoxy) is 1. The van der Waals surface area contributed by atoms with Crippen molar-refractivity contribution in [3.63, 3.8) is 0 Å².